The summed E-state index contributed by atoms with van der Waals surface area (Å²) >= 11 is 0. The zero-order valence-corrected chi connectivity index (χ0v) is 10.5. The summed E-state index contributed by atoms with van der Waals surface area (Å²) in [6.45, 7) is 7.84. The number of carbonyl (C=O) groups is 1. The van der Waals surface area contributed by atoms with Gasteiger partial charge in [-0.05, 0) is 31.9 Å². The van der Waals surface area contributed by atoms with Crippen molar-refractivity contribution >= 4 is 6.29 Å². The number of carbonyl (C=O) groups excluding carboxylic acids is 1. The Morgan fingerprint density at radius 1 is 1.12 bits per heavy atom. The molecule has 0 aliphatic rings. The van der Waals surface area contributed by atoms with E-state index in [-0.39, 0.29) is 0 Å². The molecule has 0 unspecified atom stereocenters. The van der Waals surface area contributed by atoms with Crippen molar-refractivity contribution in [1.29, 1.82) is 0 Å². The maximum atomic E-state index is 11.0. The average Bonchev–Trinajstić information content (AvgIpc) is 2.58. The fraction of sp³-hybridized carbons (Fsp3) is 0.286. The van der Waals surface area contributed by atoms with Crippen LogP contribution in [0.2, 0.25) is 0 Å². The Morgan fingerprint density at radius 2 is 1.71 bits per heavy atom. The molecule has 0 radical (unpaired) electrons. The fourth-order valence-corrected chi connectivity index (χ4v) is 2.26. The summed E-state index contributed by atoms with van der Waals surface area (Å²) in [7, 11) is 0. The lowest BCUT2D eigenvalue weighted by molar-refractivity contribution is 0.110. The van der Waals surface area contributed by atoms with Crippen LogP contribution < -0.4 is 0 Å². The third kappa shape index (κ3) is 2.00. The van der Waals surface area contributed by atoms with Gasteiger partial charge in [0, 0.05) is 12.5 Å². The SMILES string of the molecule is Cc1cc(C)c(-c2nc(C)oc2C=O)c(C)c1. The number of aryl methyl sites for hydroxylation is 4. The summed E-state index contributed by atoms with van der Waals surface area (Å²) < 4.78 is 5.28. The zero-order chi connectivity index (χ0) is 12.6. The van der Waals surface area contributed by atoms with E-state index in [1.54, 1.807) is 6.92 Å². The molecule has 0 spiro atoms. The molecule has 88 valence electrons. The highest BCUT2D eigenvalue weighted by molar-refractivity contribution is 5.84. The molecular weight excluding hydrogens is 214 g/mol. The fourth-order valence-electron chi connectivity index (χ4n) is 2.26. The second-order valence-corrected chi connectivity index (χ2v) is 4.34. The van der Waals surface area contributed by atoms with Crippen LogP contribution in [0.25, 0.3) is 11.3 Å². The predicted octanol–water partition coefficient (Wildman–Crippen LogP) is 3.39. The number of aldehydes is 1. The van der Waals surface area contributed by atoms with Gasteiger partial charge in [-0.2, -0.15) is 0 Å². The molecular formula is C14H15NO2. The Kier molecular flexibility index (Phi) is 2.84. The molecule has 17 heavy (non-hydrogen) atoms. The lowest BCUT2D eigenvalue weighted by Gasteiger charge is -2.08. The maximum absolute atomic E-state index is 11.0. The minimum absolute atomic E-state index is 0.303. The van der Waals surface area contributed by atoms with Gasteiger partial charge in [-0.3, -0.25) is 4.79 Å². The van der Waals surface area contributed by atoms with Crippen LogP contribution in [0.4, 0.5) is 0 Å². The first-order valence-electron chi connectivity index (χ1n) is 5.53. The van der Waals surface area contributed by atoms with Crippen LogP contribution in [0.1, 0.15) is 33.1 Å². The minimum atomic E-state index is 0.303. The van der Waals surface area contributed by atoms with E-state index in [2.05, 4.69) is 24.0 Å². The van der Waals surface area contributed by atoms with Gasteiger partial charge in [-0.15, -0.1) is 0 Å². The molecule has 3 nitrogen and oxygen atoms in total. The van der Waals surface area contributed by atoms with E-state index in [4.69, 9.17) is 4.42 Å². The monoisotopic (exact) mass is 229 g/mol. The van der Waals surface area contributed by atoms with Crippen LogP contribution in [0.5, 0.6) is 0 Å². The van der Waals surface area contributed by atoms with Gasteiger partial charge in [-0.1, -0.05) is 17.7 Å². The number of rotatable bonds is 2. The second kappa shape index (κ2) is 4.17. The molecule has 0 saturated carbocycles. The molecule has 1 aromatic heterocycles. The molecule has 0 atom stereocenters. The molecule has 0 bridgehead atoms. The normalized spacial score (nSPS) is 10.6. The van der Waals surface area contributed by atoms with Crippen molar-refractivity contribution in [2.24, 2.45) is 0 Å². The molecule has 0 aliphatic heterocycles. The van der Waals surface area contributed by atoms with E-state index < -0.39 is 0 Å². The van der Waals surface area contributed by atoms with Gasteiger partial charge in [-0.25, -0.2) is 4.98 Å². The summed E-state index contributed by atoms with van der Waals surface area (Å²) in [5.74, 6) is 0.819. The van der Waals surface area contributed by atoms with Gasteiger partial charge in [0.1, 0.15) is 5.69 Å². The molecule has 0 aliphatic carbocycles. The Morgan fingerprint density at radius 3 is 2.24 bits per heavy atom. The van der Waals surface area contributed by atoms with Crippen LogP contribution in [-0.4, -0.2) is 11.3 Å². The molecule has 1 aromatic carbocycles. The number of oxazole rings is 1. The van der Waals surface area contributed by atoms with Crippen molar-refractivity contribution in [3.63, 3.8) is 0 Å². The second-order valence-electron chi connectivity index (χ2n) is 4.34. The van der Waals surface area contributed by atoms with Crippen LogP contribution >= 0.6 is 0 Å². The van der Waals surface area contributed by atoms with Gasteiger partial charge in [0.05, 0.1) is 0 Å². The van der Waals surface area contributed by atoms with Crippen LogP contribution in [0.3, 0.4) is 0 Å². The molecule has 0 saturated heterocycles. The standard InChI is InChI=1S/C14H15NO2/c1-8-5-9(2)13(10(3)6-8)14-12(7-16)17-11(4)15-14/h5-7H,1-4H3. The van der Waals surface area contributed by atoms with Crippen LogP contribution in [-0.2, 0) is 0 Å². The third-order valence-electron chi connectivity index (χ3n) is 2.78. The summed E-state index contributed by atoms with van der Waals surface area (Å²) in [6.07, 6.45) is 0.716. The molecule has 0 fully saturated rings. The first-order chi connectivity index (χ1) is 8.02. The van der Waals surface area contributed by atoms with Crippen LogP contribution in [0, 0.1) is 27.7 Å². The molecule has 2 rings (SSSR count). The van der Waals surface area contributed by atoms with Gasteiger partial charge >= 0.3 is 0 Å². The highest BCUT2D eigenvalue weighted by atomic mass is 16.4. The van der Waals surface area contributed by atoms with E-state index in [0.29, 0.717) is 23.6 Å². The van der Waals surface area contributed by atoms with Crippen molar-refractivity contribution in [2.75, 3.05) is 0 Å². The molecule has 3 heteroatoms. The highest BCUT2D eigenvalue weighted by Gasteiger charge is 2.16. The molecule has 0 N–H and O–H groups in total. The topological polar surface area (TPSA) is 43.1 Å². The lowest BCUT2D eigenvalue weighted by atomic mass is 9.97. The highest BCUT2D eigenvalue weighted by Crippen LogP contribution is 2.30. The first-order valence-corrected chi connectivity index (χ1v) is 5.53. The van der Waals surface area contributed by atoms with Crippen molar-refractivity contribution in [3.8, 4) is 11.3 Å². The molecule has 2 aromatic rings. The Balaban J connectivity index is 2.72. The summed E-state index contributed by atoms with van der Waals surface area (Å²) in [5.41, 5.74) is 5.07. The van der Waals surface area contributed by atoms with Gasteiger partial charge < -0.3 is 4.42 Å². The molecule has 0 amide bonds. The van der Waals surface area contributed by atoms with Crippen molar-refractivity contribution in [2.45, 2.75) is 27.7 Å². The van der Waals surface area contributed by atoms with Crippen LogP contribution in [0.15, 0.2) is 16.5 Å². The Hall–Kier alpha value is -1.90. The van der Waals surface area contributed by atoms with E-state index in [0.717, 1.165) is 16.7 Å². The number of nitrogens with zero attached hydrogens (tertiary/aromatic N) is 1. The number of aromatic nitrogens is 1. The van der Waals surface area contributed by atoms with Gasteiger partial charge in [0.15, 0.2) is 17.9 Å². The van der Waals surface area contributed by atoms with Crippen molar-refractivity contribution in [3.05, 3.63) is 40.5 Å². The van der Waals surface area contributed by atoms with Crippen molar-refractivity contribution < 1.29 is 9.21 Å². The number of hydrogen-bond donors (Lipinski definition) is 0. The average molecular weight is 229 g/mol. The number of benzene rings is 1. The lowest BCUT2D eigenvalue weighted by Crippen LogP contribution is -1.93. The van der Waals surface area contributed by atoms with Gasteiger partial charge in [0.2, 0.25) is 0 Å². The largest absolute Gasteiger partial charge is 0.438 e. The smallest absolute Gasteiger partial charge is 0.195 e. The van der Waals surface area contributed by atoms with E-state index in [1.165, 1.54) is 5.56 Å². The van der Waals surface area contributed by atoms with E-state index in [1.807, 2.05) is 13.8 Å². The Labute approximate surface area is 100 Å². The number of hydrogen-bond acceptors (Lipinski definition) is 3. The molecule has 1 heterocycles. The van der Waals surface area contributed by atoms with E-state index >= 15 is 0 Å². The summed E-state index contributed by atoms with van der Waals surface area (Å²) in [5, 5.41) is 0. The quantitative estimate of drug-likeness (QED) is 0.741. The predicted molar refractivity (Wildman–Crippen MR) is 66.3 cm³/mol. The summed E-state index contributed by atoms with van der Waals surface area (Å²) in [4.78, 5) is 15.3. The minimum Gasteiger partial charge on any atom is -0.438 e. The maximum Gasteiger partial charge on any atom is 0.195 e. The first kappa shape index (κ1) is 11.6. The van der Waals surface area contributed by atoms with Gasteiger partial charge in [0.25, 0.3) is 0 Å². The van der Waals surface area contributed by atoms with Crippen molar-refractivity contribution in [1.82, 2.24) is 4.98 Å². The Bertz CT molecular complexity index is 559. The van der Waals surface area contributed by atoms with E-state index in [9.17, 15) is 4.79 Å². The third-order valence-corrected chi connectivity index (χ3v) is 2.78. The zero-order valence-electron chi connectivity index (χ0n) is 10.5. The summed E-state index contributed by atoms with van der Waals surface area (Å²) in [6, 6.07) is 4.17.